The smallest absolute Gasteiger partial charge is 0.335 e. The van der Waals surface area contributed by atoms with Crippen molar-refractivity contribution in [2.24, 2.45) is 0 Å². The molecule has 6 unspecified atom stereocenters. The molecule has 12 heteroatoms. The topological polar surface area (TPSA) is 175 Å². The van der Waals surface area contributed by atoms with Gasteiger partial charge >= 0.3 is 23.9 Å². The molecule has 1 heterocycles. The molecule has 0 bridgehead atoms. The minimum Gasteiger partial charge on any atom is -0.479 e. The summed E-state index contributed by atoms with van der Waals surface area (Å²) in [6.07, 6.45) is 43.3. The maximum Gasteiger partial charge on any atom is 0.335 e. The highest BCUT2D eigenvalue weighted by atomic mass is 16.7. The molecule has 0 amide bonds. The molecule has 69 heavy (non-hydrogen) atoms. The van der Waals surface area contributed by atoms with Gasteiger partial charge in [0.2, 0.25) is 0 Å². The van der Waals surface area contributed by atoms with Gasteiger partial charge in [0.05, 0.1) is 6.61 Å². The normalized spacial score (nSPS) is 19.2. The monoisotopic (exact) mass is 971 g/mol. The van der Waals surface area contributed by atoms with Crippen molar-refractivity contribution < 1.29 is 58.2 Å². The van der Waals surface area contributed by atoms with Crippen molar-refractivity contribution >= 4 is 23.9 Å². The number of allylic oxidation sites excluding steroid dienone is 12. The van der Waals surface area contributed by atoms with Crippen molar-refractivity contribution in [3.05, 3.63) is 72.9 Å². The van der Waals surface area contributed by atoms with Crippen molar-refractivity contribution in [3.63, 3.8) is 0 Å². The highest BCUT2D eigenvalue weighted by Crippen LogP contribution is 2.26. The molecule has 0 aromatic carbocycles. The number of unbranched alkanes of at least 4 members (excludes halogenated alkanes) is 18. The number of carboxylic acid groups (broad SMARTS) is 1. The predicted octanol–water partition coefficient (Wildman–Crippen LogP) is 13.0. The zero-order chi connectivity index (χ0) is 50.4. The molecular weight excluding hydrogens is 877 g/mol. The Labute approximate surface area is 417 Å². The van der Waals surface area contributed by atoms with Crippen LogP contribution in [0.3, 0.4) is 0 Å². The standard InChI is InChI=1S/C57H94O12/c1-4-7-10-13-16-19-22-24-25-27-29-31-34-37-40-43-49(58)65-46-48(67-50(59)44-41-38-35-33-30-26-23-20-17-14-11-8-5-2)47-66-57-55(53(62)52(61)54(69-57)56(63)64)68-51(60)45-42-39-36-32-28-21-18-15-12-9-6-3/h8,11,16-17,19-20,24-26,30,35,38,48,52-55,57,61-62H,4-7,9-10,12-15,18,21-23,27-29,31-34,36-37,39-47H2,1-3H3,(H,63,64)/b11-8-,19-16-,20-17-,25-24-,30-26-,38-35-. The molecule has 1 saturated heterocycles. The number of rotatable bonds is 44. The van der Waals surface area contributed by atoms with Crippen molar-refractivity contribution in [1.29, 1.82) is 0 Å². The Kier molecular flexibility index (Phi) is 41.5. The van der Waals surface area contributed by atoms with Gasteiger partial charge in [-0.25, -0.2) is 4.79 Å². The third-order valence-electron chi connectivity index (χ3n) is 11.8. The van der Waals surface area contributed by atoms with E-state index in [0.29, 0.717) is 25.7 Å². The summed E-state index contributed by atoms with van der Waals surface area (Å²) in [6, 6.07) is 0. The average Bonchev–Trinajstić information content (AvgIpc) is 3.33. The first-order valence-electron chi connectivity index (χ1n) is 26.9. The highest BCUT2D eigenvalue weighted by Gasteiger charge is 2.50. The Balaban J connectivity index is 2.78. The number of aliphatic carboxylic acids is 1. The van der Waals surface area contributed by atoms with Gasteiger partial charge in [0.15, 0.2) is 24.6 Å². The van der Waals surface area contributed by atoms with E-state index in [1.807, 2.05) is 12.2 Å². The number of aliphatic hydroxyl groups excluding tert-OH is 2. The van der Waals surface area contributed by atoms with Crippen LogP contribution in [0.15, 0.2) is 72.9 Å². The van der Waals surface area contributed by atoms with E-state index in [-0.39, 0.29) is 25.9 Å². The summed E-state index contributed by atoms with van der Waals surface area (Å²) in [7, 11) is 0. The van der Waals surface area contributed by atoms with Crippen LogP contribution in [-0.2, 0) is 42.9 Å². The summed E-state index contributed by atoms with van der Waals surface area (Å²) >= 11 is 0. The first-order chi connectivity index (χ1) is 33.6. The number of carbonyl (C=O) groups excluding carboxylic acids is 3. The van der Waals surface area contributed by atoms with E-state index in [9.17, 15) is 34.5 Å². The van der Waals surface area contributed by atoms with Crippen LogP contribution in [0.25, 0.3) is 0 Å². The average molecular weight is 971 g/mol. The zero-order valence-electron chi connectivity index (χ0n) is 43.0. The van der Waals surface area contributed by atoms with Gasteiger partial charge in [0.25, 0.3) is 0 Å². The SMILES string of the molecule is CC/C=C\C/C=C\C/C=C\C/C=C\CCC(=O)OC(COC(=O)CCCCCCC/C=C\C/C=C\CCCCC)COC1OC(C(=O)O)C(O)C(O)C1OC(=O)CCCCCCCCCCCCC. The summed E-state index contributed by atoms with van der Waals surface area (Å²) in [5.41, 5.74) is 0. The van der Waals surface area contributed by atoms with E-state index in [2.05, 4.69) is 81.5 Å². The Morgan fingerprint density at radius 2 is 0.942 bits per heavy atom. The molecule has 3 N–H and O–H groups in total. The van der Waals surface area contributed by atoms with Gasteiger partial charge in [-0.3, -0.25) is 14.4 Å². The number of ether oxygens (including phenoxy) is 5. The molecule has 1 rings (SSSR count). The first kappa shape index (κ1) is 63.2. The van der Waals surface area contributed by atoms with Crippen LogP contribution in [0.4, 0.5) is 0 Å². The molecule has 0 aliphatic carbocycles. The number of hydrogen-bond acceptors (Lipinski definition) is 11. The molecule has 0 aromatic heterocycles. The van der Waals surface area contributed by atoms with E-state index >= 15 is 0 Å². The van der Waals surface area contributed by atoms with Gasteiger partial charge in [0, 0.05) is 19.3 Å². The van der Waals surface area contributed by atoms with E-state index in [1.165, 1.54) is 57.8 Å². The molecule has 394 valence electrons. The quantitative estimate of drug-likeness (QED) is 0.0228. The maximum absolute atomic E-state index is 13.0. The van der Waals surface area contributed by atoms with Crippen LogP contribution in [0.2, 0.25) is 0 Å². The van der Waals surface area contributed by atoms with Crippen LogP contribution in [0, 0.1) is 0 Å². The lowest BCUT2D eigenvalue weighted by Crippen LogP contribution is -2.61. The number of aliphatic hydroxyl groups is 2. The van der Waals surface area contributed by atoms with E-state index < -0.39 is 67.3 Å². The number of esters is 3. The van der Waals surface area contributed by atoms with Gasteiger partial charge < -0.3 is 39.0 Å². The third kappa shape index (κ3) is 35.8. The minimum absolute atomic E-state index is 0.0375. The molecule has 0 spiro atoms. The van der Waals surface area contributed by atoms with E-state index in [4.69, 9.17) is 23.7 Å². The lowest BCUT2D eigenvalue weighted by atomic mass is 9.98. The fraction of sp³-hybridized carbons (Fsp3) is 0.719. The molecule has 0 aromatic rings. The van der Waals surface area contributed by atoms with Gasteiger partial charge in [0.1, 0.15) is 18.8 Å². The van der Waals surface area contributed by atoms with Crippen LogP contribution < -0.4 is 0 Å². The second-order valence-corrected chi connectivity index (χ2v) is 18.1. The Morgan fingerprint density at radius 1 is 0.493 bits per heavy atom. The molecule has 1 aliphatic heterocycles. The Bertz CT molecular complexity index is 1480. The molecule has 1 fully saturated rings. The summed E-state index contributed by atoms with van der Waals surface area (Å²) < 4.78 is 28.2. The molecule has 0 radical (unpaired) electrons. The lowest BCUT2D eigenvalue weighted by molar-refractivity contribution is -0.301. The molecule has 6 atom stereocenters. The van der Waals surface area contributed by atoms with E-state index in [0.717, 1.165) is 89.9 Å². The fourth-order valence-corrected chi connectivity index (χ4v) is 7.65. The minimum atomic E-state index is -1.91. The highest BCUT2D eigenvalue weighted by molar-refractivity contribution is 5.74. The zero-order valence-corrected chi connectivity index (χ0v) is 43.0. The van der Waals surface area contributed by atoms with Crippen molar-refractivity contribution in [3.8, 4) is 0 Å². The maximum atomic E-state index is 13.0. The number of carbonyl (C=O) groups is 4. The van der Waals surface area contributed by atoms with Gasteiger partial charge in [-0.05, 0) is 77.0 Å². The van der Waals surface area contributed by atoms with Gasteiger partial charge in [-0.1, -0.05) is 190 Å². The lowest BCUT2D eigenvalue weighted by Gasteiger charge is -2.40. The van der Waals surface area contributed by atoms with Crippen molar-refractivity contribution in [2.45, 2.75) is 250 Å². The fourth-order valence-electron chi connectivity index (χ4n) is 7.65. The third-order valence-corrected chi connectivity index (χ3v) is 11.8. The number of carboxylic acids is 1. The Hall–Kier alpha value is -3.84. The van der Waals surface area contributed by atoms with Gasteiger partial charge in [-0.2, -0.15) is 0 Å². The predicted molar refractivity (Wildman–Crippen MR) is 275 cm³/mol. The summed E-state index contributed by atoms with van der Waals surface area (Å²) in [6.45, 7) is 5.74. The molecular formula is C57H94O12. The summed E-state index contributed by atoms with van der Waals surface area (Å²) in [5.74, 6) is -3.25. The second kappa shape index (κ2) is 45.3. The molecule has 12 nitrogen and oxygen atoms in total. The first-order valence-corrected chi connectivity index (χ1v) is 26.9. The largest absolute Gasteiger partial charge is 0.479 e. The summed E-state index contributed by atoms with van der Waals surface area (Å²) in [5, 5.41) is 31.3. The summed E-state index contributed by atoms with van der Waals surface area (Å²) in [4.78, 5) is 50.8. The van der Waals surface area contributed by atoms with Crippen LogP contribution in [-0.4, -0.2) is 89.2 Å². The van der Waals surface area contributed by atoms with Crippen molar-refractivity contribution in [1.82, 2.24) is 0 Å². The second-order valence-electron chi connectivity index (χ2n) is 18.1. The van der Waals surface area contributed by atoms with E-state index in [1.54, 1.807) is 0 Å². The Morgan fingerprint density at radius 3 is 1.48 bits per heavy atom. The molecule has 1 aliphatic rings. The van der Waals surface area contributed by atoms with Crippen LogP contribution in [0.5, 0.6) is 0 Å². The van der Waals surface area contributed by atoms with Crippen LogP contribution in [0.1, 0.15) is 213 Å². The van der Waals surface area contributed by atoms with Crippen molar-refractivity contribution in [2.75, 3.05) is 13.2 Å². The van der Waals surface area contributed by atoms with Crippen LogP contribution >= 0.6 is 0 Å². The van der Waals surface area contributed by atoms with Gasteiger partial charge in [-0.15, -0.1) is 0 Å². The number of hydrogen-bond donors (Lipinski definition) is 3. The molecule has 0 saturated carbocycles.